The van der Waals surface area contributed by atoms with E-state index in [9.17, 15) is 33.0 Å². The number of pyridine rings is 1. The molecule has 1 saturated heterocycles. The first kappa shape index (κ1) is 27.2. The summed E-state index contributed by atoms with van der Waals surface area (Å²) in [6, 6.07) is 1.83. The van der Waals surface area contributed by atoms with Crippen LogP contribution in [-0.4, -0.2) is 76.3 Å². The summed E-state index contributed by atoms with van der Waals surface area (Å²) in [5, 5.41) is 23.7. The van der Waals surface area contributed by atoms with Crippen molar-refractivity contribution in [1.82, 2.24) is 15.2 Å². The third-order valence-corrected chi connectivity index (χ3v) is 7.47. The number of nitrogens with one attached hydrogen (secondary N) is 1. The van der Waals surface area contributed by atoms with Gasteiger partial charge < -0.3 is 25.3 Å². The Morgan fingerprint density at radius 2 is 1.80 bits per heavy atom. The Morgan fingerprint density at radius 3 is 2.34 bits per heavy atom. The largest absolute Gasteiger partial charge is 0.481 e. The summed E-state index contributed by atoms with van der Waals surface area (Å²) in [5.74, 6) is -0.875. The van der Waals surface area contributed by atoms with E-state index in [1.165, 1.54) is 0 Å². The molecule has 0 unspecified atom stereocenters. The monoisotopic (exact) mass is 500 g/mol. The Labute approximate surface area is 203 Å². The van der Waals surface area contributed by atoms with Crippen LogP contribution in [0.2, 0.25) is 0 Å². The van der Waals surface area contributed by atoms with Crippen LogP contribution in [0.3, 0.4) is 0 Å². The molecule has 3 N–H and O–H groups in total. The number of halogens is 3. The van der Waals surface area contributed by atoms with Gasteiger partial charge in [-0.2, -0.15) is 13.2 Å². The van der Waals surface area contributed by atoms with Crippen LogP contribution in [0.5, 0.6) is 0 Å². The molecule has 35 heavy (non-hydrogen) atoms. The second kappa shape index (κ2) is 9.57. The molecular formula is C24H35F3N4O4. The van der Waals surface area contributed by atoms with Gasteiger partial charge in [-0.1, -0.05) is 0 Å². The molecule has 8 nitrogen and oxygen atoms in total. The van der Waals surface area contributed by atoms with Gasteiger partial charge in [-0.3, -0.25) is 9.59 Å². The predicted molar refractivity (Wildman–Crippen MR) is 124 cm³/mol. The lowest BCUT2D eigenvalue weighted by Crippen LogP contribution is -2.58. The topological polar surface area (TPSA) is 106 Å². The first-order valence-electron chi connectivity index (χ1n) is 11.8. The van der Waals surface area contributed by atoms with E-state index in [2.05, 4.69) is 10.3 Å². The number of piperazine rings is 1. The molecule has 1 amide bonds. The molecule has 1 aromatic rings. The number of hydrogen-bond donors (Lipinski definition) is 3. The third-order valence-electron chi connectivity index (χ3n) is 7.47. The lowest BCUT2D eigenvalue weighted by atomic mass is 9.70. The molecule has 0 spiro atoms. The minimum absolute atomic E-state index is 0.111. The molecule has 2 fully saturated rings. The highest BCUT2D eigenvalue weighted by molar-refractivity contribution is 5.85. The number of carbonyl (C=O) groups is 2. The molecule has 11 heteroatoms. The number of carboxylic acid groups (broad SMARTS) is 1. The van der Waals surface area contributed by atoms with Crippen molar-refractivity contribution >= 4 is 17.7 Å². The summed E-state index contributed by atoms with van der Waals surface area (Å²) < 4.78 is 39.2. The number of nitrogens with zero attached hydrogens (tertiary/aromatic N) is 3. The number of anilines is 1. The van der Waals surface area contributed by atoms with Crippen molar-refractivity contribution in [2.45, 2.75) is 64.8 Å². The Morgan fingerprint density at radius 1 is 1.17 bits per heavy atom. The summed E-state index contributed by atoms with van der Waals surface area (Å²) in [5.41, 5.74) is -4.06. The summed E-state index contributed by atoms with van der Waals surface area (Å²) in [6.45, 7) is 8.01. The van der Waals surface area contributed by atoms with Crippen molar-refractivity contribution in [1.29, 1.82) is 0 Å². The summed E-state index contributed by atoms with van der Waals surface area (Å²) in [6.07, 6.45) is -1.87. The van der Waals surface area contributed by atoms with Crippen LogP contribution in [0.4, 0.5) is 19.0 Å². The van der Waals surface area contributed by atoms with Gasteiger partial charge in [-0.25, -0.2) is 4.98 Å². The van der Waals surface area contributed by atoms with Gasteiger partial charge in [0.05, 0.1) is 22.0 Å². The fourth-order valence-electron chi connectivity index (χ4n) is 4.92. The van der Waals surface area contributed by atoms with Crippen molar-refractivity contribution in [2.24, 2.45) is 10.8 Å². The highest BCUT2D eigenvalue weighted by Gasteiger charge is 2.56. The predicted octanol–water partition coefficient (Wildman–Crippen LogP) is 2.76. The molecule has 1 aliphatic carbocycles. The van der Waals surface area contributed by atoms with Crippen molar-refractivity contribution in [3.05, 3.63) is 23.9 Å². The van der Waals surface area contributed by atoms with Crippen molar-refractivity contribution < 1.29 is 33.0 Å². The Bertz CT molecular complexity index is 939. The Kier molecular flexibility index (Phi) is 7.44. The van der Waals surface area contributed by atoms with Crippen molar-refractivity contribution in [3.63, 3.8) is 0 Å². The molecule has 2 aliphatic rings. The van der Waals surface area contributed by atoms with Gasteiger partial charge in [0.25, 0.3) is 0 Å². The quantitative estimate of drug-likeness (QED) is 0.529. The van der Waals surface area contributed by atoms with Crippen LogP contribution in [-0.2, 0) is 15.8 Å². The SMILES string of the molecule is CC(C)(CN[C@@H]1CC[C@@](C(=O)N2CCN(c3cc(C(F)(F)F)ccn3)CC2)(C(C)(C)O)C1)C(=O)O. The zero-order valence-electron chi connectivity index (χ0n) is 20.7. The first-order chi connectivity index (χ1) is 16.1. The van der Waals surface area contributed by atoms with Gasteiger partial charge in [0.2, 0.25) is 5.91 Å². The zero-order chi connectivity index (χ0) is 26.2. The maximum absolute atomic E-state index is 13.7. The van der Waals surface area contributed by atoms with E-state index >= 15 is 0 Å². The molecule has 2 heterocycles. The van der Waals surface area contributed by atoms with E-state index < -0.39 is 34.1 Å². The van der Waals surface area contributed by atoms with E-state index in [0.29, 0.717) is 45.4 Å². The summed E-state index contributed by atoms with van der Waals surface area (Å²) >= 11 is 0. The fraction of sp³-hybridized carbons (Fsp3) is 0.708. The van der Waals surface area contributed by atoms with Crippen LogP contribution in [0.25, 0.3) is 0 Å². The second-order valence-corrected chi connectivity index (χ2v) is 10.8. The maximum Gasteiger partial charge on any atom is 0.416 e. The molecule has 196 valence electrons. The number of rotatable bonds is 7. The molecule has 0 aromatic carbocycles. The second-order valence-electron chi connectivity index (χ2n) is 10.8. The lowest BCUT2D eigenvalue weighted by Gasteiger charge is -2.45. The minimum Gasteiger partial charge on any atom is -0.481 e. The average Bonchev–Trinajstić information content (AvgIpc) is 3.23. The standard InChI is InChI=1S/C24H35F3N4O4/c1-21(2,20(33)34)15-29-17-5-7-23(14-17,22(3,4)35)19(32)31-11-9-30(10-12-31)18-13-16(6-8-28-18)24(25,26)27/h6,8,13,17,29,35H,5,7,9-12,14-15H2,1-4H3,(H,33,34)/t17-,23-/m1/s1. The van der Waals surface area contributed by atoms with Crippen molar-refractivity contribution in [3.8, 4) is 0 Å². The number of aromatic nitrogens is 1. The van der Waals surface area contributed by atoms with Crippen LogP contribution < -0.4 is 10.2 Å². The van der Waals surface area contributed by atoms with Crippen LogP contribution in [0, 0.1) is 10.8 Å². The number of aliphatic hydroxyl groups is 1. The Balaban J connectivity index is 1.68. The molecule has 0 bridgehead atoms. The number of alkyl halides is 3. The van der Waals surface area contributed by atoms with Gasteiger partial charge in [0, 0.05) is 45.0 Å². The molecule has 1 aromatic heterocycles. The highest BCUT2D eigenvalue weighted by atomic mass is 19.4. The summed E-state index contributed by atoms with van der Waals surface area (Å²) in [7, 11) is 0. The van der Waals surface area contributed by atoms with Gasteiger partial charge in [0.1, 0.15) is 5.82 Å². The van der Waals surface area contributed by atoms with Crippen molar-refractivity contribution in [2.75, 3.05) is 37.6 Å². The molecule has 2 atom stereocenters. The van der Waals surface area contributed by atoms with Gasteiger partial charge in [0.15, 0.2) is 0 Å². The van der Waals surface area contributed by atoms with Crippen LogP contribution in [0.15, 0.2) is 18.3 Å². The third kappa shape index (κ3) is 5.72. The Hall–Kier alpha value is -2.40. The number of carbonyl (C=O) groups excluding carboxylic acids is 1. The normalized spacial score (nSPS) is 24.1. The first-order valence-corrected chi connectivity index (χ1v) is 11.8. The van der Waals surface area contributed by atoms with Crippen LogP contribution >= 0.6 is 0 Å². The van der Waals surface area contributed by atoms with E-state index in [0.717, 1.165) is 18.3 Å². The highest BCUT2D eigenvalue weighted by Crippen LogP contribution is 2.48. The van der Waals surface area contributed by atoms with E-state index in [-0.39, 0.29) is 24.3 Å². The number of carboxylic acids is 1. The minimum atomic E-state index is -4.46. The molecule has 3 rings (SSSR count). The molecule has 1 aliphatic heterocycles. The molecule has 0 radical (unpaired) electrons. The number of amides is 1. The smallest absolute Gasteiger partial charge is 0.416 e. The average molecular weight is 501 g/mol. The molecular weight excluding hydrogens is 465 g/mol. The van der Waals surface area contributed by atoms with Gasteiger partial charge in [-0.15, -0.1) is 0 Å². The number of hydrogen-bond acceptors (Lipinski definition) is 6. The zero-order valence-corrected chi connectivity index (χ0v) is 20.7. The fourth-order valence-corrected chi connectivity index (χ4v) is 4.92. The van der Waals surface area contributed by atoms with E-state index in [4.69, 9.17) is 0 Å². The van der Waals surface area contributed by atoms with Gasteiger partial charge in [-0.05, 0) is 59.1 Å². The maximum atomic E-state index is 13.7. The lowest BCUT2D eigenvalue weighted by molar-refractivity contribution is -0.158. The summed E-state index contributed by atoms with van der Waals surface area (Å²) in [4.78, 5) is 32.6. The van der Waals surface area contributed by atoms with Crippen LogP contribution in [0.1, 0.15) is 52.5 Å². The van der Waals surface area contributed by atoms with Gasteiger partial charge >= 0.3 is 12.1 Å². The van der Waals surface area contributed by atoms with E-state index in [1.807, 2.05) is 0 Å². The van der Waals surface area contributed by atoms with E-state index in [1.54, 1.807) is 37.5 Å². The molecule has 1 saturated carbocycles. The number of aliphatic carboxylic acids is 1.